The van der Waals surface area contributed by atoms with Crippen LogP contribution in [0.1, 0.15) is 18.3 Å². The van der Waals surface area contributed by atoms with E-state index in [0.717, 1.165) is 16.8 Å². The van der Waals surface area contributed by atoms with Crippen molar-refractivity contribution in [1.29, 1.82) is 0 Å². The number of hydrogen-bond acceptors (Lipinski definition) is 5. The van der Waals surface area contributed by atoms with E-state index in [2.05, 4.69) is 15.6 Å². The summed E-state index contributed by atoms with van der Waals surface area (Å²) >= 11 is 0. The fourth-order valence-electron chi connectivity index (χ4n) is 1.85. The largest absolute Gasteiger partial charge is 0.330 e. The van der Waals surface area contributed by atoms with Crippen LogP contribution in [0.25, 0.3) is 0 Å². The molecular formula is C12H18N6O2. The predicted octanol–water partition coefficient (Wildman–Crippen LogP) is -1.17. The van der Waals surface area contributed by atoms with Gasteiger partial charge in [0, 0.05) is 32.4 Å². The third kappa shape index (κ3) is 2.85. The number of hydrogen-bond donors (Lipinski definition) is 1. The standard InChI is InChI=1S/C12H18N6O2/c1-4-13-6-9-7-18(15-14-9)8-10-5-11(19)17(3)12(20)16(10)2/h5,7,13H,4,6,8H2,1-3H3. The molecule has 0 unspecified atom stereocenters. The molecule has 2 aromatic heterocycles. The summed E-state index contributed by atoms with van der Waals surface area (Å²) in [5, 5.41) is 11.2. The Labute approximate surface area is 115 Å². The van der Waals surface area contributed by atoms with Crippen molar-refractivity contribution in [2.45, 2.75) is 20.0 Å². The Balaban J connectivity index is 2.24. The molecule has 0 saturated heterocycles. The number of rotatable bonds is 5. The molecule has 0 saturated carbocycles. The first-order chi connectivity index (χ1) is 9.52. The SMILES string of the molecule is CCNCc1cn(Cc2cc(=O)n(C)c(=O)n2C)nn1. The average Bonchev–Trinajstić information content (AvgIpc) is 2.87. The summed E-state index contributed by atoms with van der Waals surface area (Å²) in [5.41, 5.74) is 0.746. The lowest BCUT2D eigenvalue weighted by Crippen LogP contribution is -2.38. The van der Waals surface area contributed by atoms with Gasteiger partial charge < -0.3 is 5.32 Å². The monoisotopic (exact) mass is 278 g/mol. The molecule has 1 N–H and O–H groups in total. The van der Waals surface area contributed by atoms with Crippen molar-refractivity contribution in [2.24, 2.45) is 14.1 Å². The molecule has 0 aliphatic heterocycles. The van der Waals surface area contributed by atoms with Crippen LogP contribution in [0.4, 0.5) is 0 Å². The third-order valence-electron chi connectivity index (χ3n) is 3.09. The first kappa shape index (κ1) is 14.2. The van der Waals surface area contributed by atoms with Crippen molar-refractivity contribution in [3.05, 3.63) is 44.5 Å². The maximum atomic E-state index is 11.8. The lowest BCUT2D eigenvalue weighted by molar-refractivity contribution is 0.582. The molecule has 8 nitrogen and oxygen atoms in total. The first-order valence-electron chi connectivity index (χ1n) is 6.38. The van der Waals surface area contributed by atoms with Gasteiger partial charge in [-0.2, -0.15) is 0 Å². The molecule has 2 rings (SSSR count). The highest BCUT2D eigenvalue weighted by Gasteiger charge is 2.08. The molecule has 0 aromatic carbocycles. The van der Waals surface area contributed by atoms with Crippen LogP contribution in [0, 0.1) is 0 Å². The Hall–Kier alpha value is -2.22. The van der Waals surface area contributed by atoms with E-state index in [1.807, 2.05) is 6.92 Å². The van der Waals surface area contributed by atoms with Crippen LogP contribution in [0.5, 0.6) is 0 Å². The van der Waals surface area contributed by atoms with Crippen molar-refractivity contribution < 1.29 is 0 Å². The second-order valence-corrected chi connectivity index (χ2v) is 4.56. The number of aromatic nitrogens is 5. The van der Waals surface area contributed by atoms with Gasteiger partial charge in [-0.05, 0) is 6.54 Å². The minimum Gasteiger partial charge on any atom is -0.311 e. The van der Waals surface area contributed by atoms with Gasteiger partial charge in [0.1, 0.15) is 0 Å². The second kappa shape index (κ2) is 5.83. The highest BCUT2D eigenvalue weighted by molar-refractivity contribution is 5.03. The van der Waals surface area contributed by atoms with Gasteiger partial charge in [0.2, 0.25) is 0 Å². The van der Waals surface area contributed by atoms with Crippen LogP contribution >= 0.6 is 0 Å². The fourth-order valence-corrected chi connectivity index (χ4v) is 1.85. The minimum absolute atomic E-state index is 0.323. The zero-order chi connectivity index (χ0) is 14.7. The van der Waals surface area contributed by atoms with Crippen LogP contribution in [-0.2, 0) is 27.2 Å². The number of nitrogens with zero attached hydrogens (tertiary/aromatic N) is 5. The van der Waals surface area contributed by atoms with Gasteiger partial charge in [-0.15, -0.1) is 5.10 Å². The van der Waals surface area contributed by atoms with E-state index in [-0.39, 0.29) is 11.2 Å². The number of nitrogens with one attached hydrogen (secondary N) is 1. The lowest BCUT2D eigenvalue weighted by atomic mass is 10.4. The van der Waals surface area contributed by atoms with E-state index >= 15 is 0 Å². The molecule has 20 heavy (non-hydrogen) atoms. The Morgan fingerprint density at radius 2 is 2.00 bits per heavy atom. The van der Waals surface area contributed by atoms with Crippen molar-refractivity contribution in [2.75, 3.05) is 6.54 Å². The summed E-state index contributed by atoms with van der Waals surface area (Å²) < 4.78 is 4.12. The topological polar surface area (TPSA) is 86.7 Å². The van der Waals surface area contributed by atoms with Gasteiger partial charge in [-0.3, -0.25) is 13.9 Å². The normalized spacial score (nSPS) is 10.9. The van der Waals surface area contributed by atoms with Crippen LogP contribution in [0.15, 0.2) is 21.9 Å². The smallest absolute Gasteiger partial charge is 0.311 e. The summed E-state index contributed by atoms with van der Waals surface area (Å²) in [4.78, 5) is 23.5. The highest BCUT2D eigenvalue weighted by Crippen LogP contribution is 1.98. The fraction of sp³-hybridized carbons (Fsp3) is 0.500. The molecule has 0 aliphatic rings. The molecule has 108 valence electrons. The molecule has 0 bridgehead atoms. The van der Waals surface area contributed by atoms with E-state index in [9.17, 15) is 9.59 Å². The van der Waals surface area contributed by atoms with Crippen LogP contribution in [-0.4, -0.2) is 30.7 Å². The van der Waals surface area contributed by atoms with Gasteiger partial charge in [0.25, 0.3) is 5.56 Å². The highest BCUT2D eigenvalue weighted by atomic mass is 16.2. The molecule has 0 aliphatic carbocycles. The lowest BCUT2D eigenvalue weighted by Gasteiger charge is -2.08. The Bertz CT molecular complexity index is 711. The van der Waals surface area contributed by atoms with Crippen LogP contribution in [0.2, 0.25) is 0 Å². The summed E-state index contributed by atoms with van der Waals surface area (Å²) in [7, 11) is 3.09. The molecule has 8 heteroatoms. The van der Waals surface area contributed by atoms with Gasteiger partial charge >= 0.3 is 5.69 Å². The Morgan fingerprint density at radius 3 is 2.70 bits per heavy atom. The Morgan fingerprint density at radius 1 is 1.25 bits per heavy atom. The van der Waals surface area contributed by atoms with E-state index in [1.165, 1.54) is 17.7 Å². The summed E-state index contributed by atoms with van der Waals surface area (Å²) in [6.45, 7) is 3.85. The summed E-state index contributed by atoms with van der Waals surface area (Å²) in [6, 6.07) is 1.44. The maximum Gasteiger partial charge on any atom is 0.330 e. The van der Waals surface area contributed by atoms with Gasteiger partial charge in [-0.25, -0.2) is 9.48 Å². The molecule has 0 atom stereocenters. The molecule has 0 amide bonds. The Kier molecular flexibility index (Phi) is 4.14. The van der Waals surface area contributed by atoms with E-state index in [1.54, 1.807) is 17.9 Å². The van der Waals surface area contributed by atoms with Crippen molar-refractivity contribution in [1.82, 2.24) is 29.4 Å². The van der Waals surface area contributed by atoms with Gasteiger partial charge in [-0.1, -0.05) is 12.1 Å². The quantitative estimate of drug-likeness (QED) is 0.745. The molecule has 2 aromatic rings. The zero-order valence-corrected chi connectivity index (χ0v) is 11.8. The van der Waals surface area contributed by atoms with E-state index in [4.69, 9.17) is 0 Å². The molecular weight excluding hydrogens is 260 g/mol. The average molecular weight is 278 g/mol. The zero-order valence-electron chi connectivity index (χ0n) is 11.8. The van der Waals surface area contributed by atoms with Crippen molar-refractivity contribution >= 4 is 0 Å². The summed E-state index contributed by atoms with van der Waals surface area (Å²) in [6.07, 6.45) is 1.80. The van der Waals surface area contributed by atoms with Crippen molar-refractivity contribution in [3.63, 3.8) is 0 Å². The second-order valence-electron chi connectivity index (χ2n) is 4.56. The third-order valence-corrected chi connectivity index (χ3v) is 3.09. The van der Waals surface area contributed by atoms with Crippen LogP contribution < -0.4 is 16.6 Å². The van der Waals surface area contributed by atoms with Crippen LogP contribution in [0.3, 0.4) is 0 Å². The molecule has 0 spiro atoms. The van der Waals surface area contributed by atoms with Gasteiger partial charge in [0.15, 0.2) is 0 Å². The summed E-state index contributed by atoms with van der Waals surface area (Å²) in [5.74, 6) is 0. The molecule has 2 heterocycles. The maximum absolute atomic E-state index is 11.8. The molecule has 0 radical (unpaired) electrons. The molecule has 0 fully saturated rings. The predicted molar refractivity (Wildman–Crippen MR) is 73.4 cm³/mol. The van der Waals surface area contributed by atoms with Gasteiger partial charge in [0.05, 0.1) is 18.4 Å². The van der Waals surface area contributed by atoms with Crippen molar-refractivity contribution in [3.8, 4) is 0 Å². The first-order valence-corrected chi connectivity index (χ1v) is 6.38. The van der Waals surface area contributed by atoms with E-state index in [0.29, 0.717) is 18.8 Å². The van der Waals surface area contributed by atoms with E-state index < -0.39 is 0 Å². The minimum atomic E-state index is -0.347.